The summed E-state index contributed by atoms with van der Waals surface area (Å²) in [6, 6.07) is 8.50. The van der Waals surface area contributed by atoms with E-state index in [0.717, 1.165) is 5.75 Å². The van der Waals surface area contributed by atoms with Gasteiger partial charge in [-0.1, -0.05) is 23.8 Å². The predicted octanol–water partition coefficient (Wildman–Crippen LogP) is 3.91. The zero-order valence-electron chi connectivity index (χ0n) is 9.49. The Morgan fingerprint density at radius 3 is 2.47 bits per heavy atom. The van der Waals surface area contributed by atoms with Gasteiger partial charge >= 0.3 is 0 Å². The largest absolute Gasteiger partial charge is 0.497 e. The van der Waals surface area contributed by atoms with Crippen LogP contribution in [0.1, 0.15) is 37.7 Å². The third-order valence-corrected chi connectivity index (χ3v) is 3.23. The Hall–Kier alpha value is -1.24. The van der Waals surface area contributed by atoms with Crippen LogP contribution in [-0.4, -0.2) is 7.11 Å². The van der Waals surface area contributed by atoms with Crippen LogP contribution in [0.2, 0.25) is 0 Å². The highest BCUT2D eigenvalue weighted by Gasteiger charge is 2.14. The molecule has 0 heterocycles. The molecule has 2 rings (SSSR count). The zero-order chi connectivity index (χ0) is 10.7. The fourth-order valence-electron chi connectivity index (χ4n) is 2.14. The summed E-state index contributed by atoms with van der Waals surface area (Å²) in [5.74, 6) is 1.65. The first-order chi connectivity index (χ1) is 7.29. The lowest BCUT2D eigenvalue weighted by Gasteiger charge is -2.20. The summed E-state index contributed by atoms with van der Waals surface area (Å²) < 4.78 is 5.16. The third-order valence-electron chi connectivity index (χ3n) is 3.23. The fraction of sp³-hybridized carbons (Fsp3) is 0.429. The molecule has 0 amide bonds. The van der Waals surface area contributed by atoms with Gasteiger partial charge in [0.25, 0.3) is 0 Å². The molecule has 0 aromatic heterocycles. The number of benzene rings is 1. The molecule has 0 spiro atoms. The Bertz CT molecular complexity index is 348. The Morgan fingerprint density at radius 2 is 1.93 bits per heavy atom. The van der Waals surface area contributed by atoms with Crippen molar-refractivity contribution < 1.29 is 4.74 Å². The van der Waals surface area contributed by atoms with Crippen LogP contribution in [-0.2, 0) is 0 Å². The van der Waals surface area contributed by atoms with Crippen molar-refractivity contribution in [2.45, 2.75) is 32.1 Å². The van der Waals surface area contributed by atoms with Crippen molar-refractivity contribution in [3.8, 4) is 5.75 Å². The number of methoxy groups -OCH3 is 1. The first-order valence-electron chi connectivity index (χ1n) is 5.59. The van der Waals surface area contributed by atoms with Crippen LogP contribution in [0.15, 0.2) is 35.9 Å². The lowest BCUT2D eigenvalue weighted by Crippen LogP contribution is -2.02. The van der Waals surface area contributed by atoms with E-state index >= 15 is 0 Å². The van der Waals surface area contributed by atoms with Crippen LogP contribution in [0.4, 0.5) is 0 Å². The second kappa shape index (κ2) is 4.52. The smallest absolute Gasteiger partial charge is 0.118 e. The van der Waals surface area contributed by atoms with Crippen LogP contribution in [0.3, 0.4) is 0 Å². The summed E-state index contributed by atoms with van der Waals surface area (Å²) in [6.07, 6.45) is 6.10. The maximum Gasteiger partial charge on any atom is 0.118 e. The van der Waals surface area contributed by atoms with E-state index in [4.69, 9.17) is 4.74 Å². The van der Waals surface area contributed by atoms with Crippen molar-refractivity contribution in [2.75, 3.05) is 7.11 Å². The predicted molar refractivity (Wildman–Crippen MR) is 63.3 cm³/mol. The Balaban J connectivity index is 2.10. The highest BCUT2D eigenvalue weighted by atomic mass is 16.5. The molecule has 80 valence electrons. The highest BCUT2D eigenvalue weighted by Crippen LogP contribution is 2.32. The number of ether oxygens (including phenoxy) is 1. The minimum Gasteiger partial charge on any atom is -0.497 e. The standard InChI is InChI=1S/C14H18O/c1-11-3-5-12(6-4-11)13-7-9-14(15-2)10-8-13/h3,7-10,12H,4-6H2,1-2H3. The number of allylic oxidation sites excluding steroid dienone is 2. The molecule has 1 aliphatic carbocycles. The third kappa shape index (κ3) is 2.41. The zero-order valence-corrected chi connectivity index (χ0v) is 9.49. The molecule has 1 aromatic rings. The van der Waals surface area contributed by atoms with Gasteiger partial charge in [0, 0.05) is 0 Å². The topological polar surface area (TPSA) is 9.23 Å². The quantitative estimate of drug-likeness (QED) is 0.661. The van der Waals surface area contributed by atoms with E-state index in [2.05, 4.69) is 37.3 Å². The van der Waals surface area contributed by atoms with Gasteiger partial charge in [0.05, 0.1) is 7.11 Å². The number of hydrogen-bond donors (Lipinski definition) is 0. The van der Waals surface area contributed by atoms with Gasteiger partial charge in [-0.05, 0) is 49.8 Å². The molecular weight excluding hydrogens is 184 g/mol. The number of rotatable bonds is 2. The van der Waals surface area contributed by atoms with Crippen molar-refractivity contribution in [1.82, 2.24) is 0 Å². The minimum atomic E-state index is 0.708. The second-order valence-corrected chi connectivity index (χ2v) is 4.29. The molecule has 15 heavy (non-hydrogen) atoms. The second-order valence-electron chi connectivity index (χ2n) is 4.29. The van der Waals surface area contributed by atoms with Crippen LogP contribution in [0.25, 0.3) is 0 Å². The van der Waals surface area contributed by atoms with Crippen LogP contribution in [0.5, 0.6) is 5.75 Å². The highest BCUT2D eigenvalue weighted by molar-refractivity contribution is 5.30. The summed E-state index contributed by atoms with van der Waals surface area (Å²) in [5, 5.41) is 0. The van der Waals surface area contributed by atoms with Crippen molar-refractivity contribution in [2.24, 2.45) is 0 Å². The molecule has 0 aliphatic heterocycles. The summed E-state index contributed by atoms with van der Waals surface area (Å²) in [7, 11) is 1.71. The van der Waals surface area contributed by atoms with E-state index in [-0.39, 0.29) is 0 Å². The van der Waals surface area contributed by atoms with Gasteiger partial charge in [0.15, 0.2) is 0 Å². The van der Waals surface area contributed by atoms with Crippen LogP contribution >= 0.6 is 0 Å². The van der Waals surface area contributed by atoms with Gasteiger partial charge in [-0.2, -0.15) is 0 Å². The van der Waals surface area contributed by atoms with E-state index in [1.807, 2.05) is 0 Å². The monoisotopic (exact) mass is 202 g/mol. The molecule has 0 saturated carbocycles. The summed E-state index contributed by atoms with van der Waals surface area (Å²) in [5.41, 5.74) is 2.99. The molecule has 0 bridgehead atoms. The van der Waals surface area contributed by atoms with Crippen molar-refractivity contribution in [3.05, 3.63) is 41.5 Å². The molecule has 1 nitrogen and oxygen atoms in total. The van der Waals surface area contributed by atoms with Crippen molar-refractivity contribution >= 4 is 0 Å². The van der Waals surface area contributed by atoms with E-state index in [1.165, 1.54) is 24.8 Å². The Kier molecular flexibility index (Phi) is 3.10. The van der Waals surface area contributed by atoms with Crippen molar-refractivity contribution in [1.29, 1.82) is 0 Å². The van der Waals surface area contributed by atoms with E-state index < -0.39 is 0 Å². The Morgan fingerprint density at radius 1 is 1.20 bits per heavy atom. The molecule has 1 unspecified atom stereocenters. The minimum absolute atomic E-state index is 0.708. The Labute approximate surface area is 91.8 Å². The van der Waals surface area contributed by atoms with Gasteiger partial charge in [-0.3, -0.25) is 0 Å². The molecule has 1 atom stereocenters. The van der Waals surface area contributed by atoms with Crippen molar-refractivity contribution in [3.63, 3.8) is 0 Å². The van der Waals surface area contributed by atoms with Gasteiger partial charge < -0.3 is 4.74 Å². The van der Waals surface area contributed by atoms with Gasteiger partial charge in [0.2, 0.25) is 0 Å². The summed E-state index contributed by atoms with van der Waals surface area (Å²) >= 11 is 0. The van der Waals surface area contributed by atoms with Gasteiger partial charge in [-0.25, -0.2) is 0 Å². The maximum absolute atomic E-state index is 5.16. The van der Waals surface area contributed by atoms with Gasteiger partial charge in [0.1, 0.15) is 5.75 Å². The van der Waals surface area contributed by atoms with E-state index in [9.17, 15) is 0 Å². The fourth-order valence-corrected chi connectivity index (χ4v) is 2.14. The lowest BCUT2D eigenvalue weighted by atomic mass is 9.85. The van der Waals surface area contributed by atoms with Crippen LogP contribution < -0.4 is 4.74 Å². The first kappa shape index (κ1) is 10.3. The summed E-state index contributed by atoms with van der Waals surface area (Å²) in [4.78, 5) is 0. The molecule has 1 aliphatic rings. The van der Waals surface area contributed by atoms with E-state index in [0.29, 0.717) is 5.92 Å². The maximum atomic E-state index is 5.16. The van der Waals surface area contributed by atoms with E-state index in [1.54, 1.807) is 12.7 Å². The van der Waals surface area contributed by atoms with Crippen LogP contribution in [0, 0.1) is 0 Å². The lowest BCUT2D eigenvalue weighted by molar-refractivity contribution is 0.414. The molecule has 1 aromatic carbocycles. The molecule has 0 radical (unpaired) electrons. The molecule has 0 fully saturated rings. The number of hydrogen-bond acceptors (Lipinski definition) is 1. The first-order valence-corrected chi connectivity index (χ1v) is 5.59. The average Bonchev–Trinajstić information content (AvgIpc) is 2.30. The van der Waals surface area contributed by atoms with Gasteiger partial charge in [-0.15, -0.1) is 0 Å². The summed E-state index contributed by atoms with van der Waals surface area (Å²) in [6.45, 7) is 2.23. The molecular formula is C14H18O. The molecule has 1 heteroatoms. The molecule has 0 N–H and O–H groups in total. The molecule has 0 saturated heterocycles. The SMILES string of the molecule is COc1ccc(C2CC=C(C)CC2)cc1. The normalized spacial score (nSPS) is 20.9. The average molecular weight is 202 g/mol.